The van der Waals surface area contributed by atoms with E-state index in [0.717, 1.165) is 68.7 Å². The van der Waals surface area contributed by atoms with Crippen LogP contribution in [0.4, 0.5) is 10.3 Å². The van der Waals surface area contributed by atoms with E-state index in [9.17, 15) is 9.18 Å². The maximum Gasteiger partial charge on any atom is 0.225 e. The van der Waals surface area contributed by atoms with Gasteiger partial charge in [-0.15, -0.1) is 0 Å². The van der Waals surface area contributed by atoms with Gasteiger partial charge in [-0.05, 0) is 67.6 Å². The van der Waals surface area contributed by atoms with Gasteiger partial charge >= 0.3 is 0 Å². The summed E-state index contributed by atoms with van der Waals surface area (Å²) in [4.78, 5) is 22.9. The summed E-state index contributed by atoms with van der Waals surface area (Å²) >= 11 is 5.87. The molecule has 0 N–H and O–H groups in total. The van der Waals surface area contributed by atoms with Gasteiger partial charge in [0.05, 0.1) is 36.2 Å². The number of ketones is 1. The summed E-state index contributed by atoms with van der Waals surface area (Å²) in [5, 5.41) is 0.560. The van der Waals surface area contributed by atoms with Crippen LogP contribution in [0.15, 0.2) is 30.6 Å². The molecule has 1 saturated heterocycles. The lowest BCUT2D eigenvalue weighted by Crippen LogP contribution is -2.35. The van der Waals surface area contributed by atoms with E-state index in [2.05, 4.69) is 14.9 Å². The Morgan fingerprint density at radius 1 is 1.16 bits per heavy atom. The molecule has 0 spiro atoms. The molecule has 2 saturated carbocycles. The van der Waals surface area contributed by atoms with Crippen LogP contribution in [-0.2, 0) is 11.3 Å². The van der Waals surface area contributed by atoms with E-state index in [1.54, 1.807) is 18.5 Å². The zero-order chi connectivity index (χ0) is 21.4. The molecule has 1 aliphatic heterocycles. The van der Waals surface area contributed by atoms with Gasteiger partial charge in [-0.25, -0.2) is 14.4 Å². The highest BCUT2D eigenvalue weighted by atomic mass is 35.5. The first-order chi connectivity index (χ1) is 15.1. The smallest absolute Gasteiger partial charge is 0.225 e. The summed E-state index contributed by atoms with van der Waals surface area (Å²) in [6.07, 6.45) is 8.58. The number of anilines is 1. The predicted molar refractivity (Wildman–Crippen MR) is 117 cm³/mol. The van der Waals surface area contributed by atoms with Crippen molar-refractivity contribution >= 4 is 23.3 Å². The standard InChI is InChI=1S/C24H27ClFN3O2/c25-19-11-27-24(28-12-19)29-7-5-16(6-8-29)21-10-18(21)14-31-13-15-1-4-20(22(26)9-15)23(30)17-2-3-17/h1,4,9,11-12,16-18,21H,2-3,5-8,10,13-14H2. The van der Waals surface area contributed by atoms with Crippen molar-refractivity contribution in [2.24, 2.45) is 23.7 Å². The zero-order valence-electron chi connectivity index (χ0n) is 17.5. The number of carbonyl (C=O) groups excluding carboxylic acids is 1. The molecule has 1 aromatic heterocycles. The summed E-state index contributed by atoms with van der Waals surface area (Å²) in [5.41, 5.74) is 1.02. The Balaban J connectivity index is 1.04. The molecule has 3 fully saturated rings. The van der Waals surface area contributed by atoms with Crippen molar-refractivity contribution in [3.63, 3.8) is 0 Å². The van der Waals surface area contributed by atoms with Gasteiger partial charge in [0.25, 0.3) is 0 Å². The summed E-state index contributed by atoms with van der Waals surface area (Å²) in [6.45, 7) is 3.06. The van der Waals surface area contributed by atoms with E-state index in [1.165, 1.54) is 12.5 Å². The summed E-state index contributed by atoms with van der Waals surface area (Å²) in [7, 11) is 0. The Kier molecular flexibility index (Phi) is 5.93. The average molecular weight is 444 g/mol. The first kappa shape index (κ1) is 20.8. The molecular weight excluding hydrogens is 417 g/mol. The molecule has 31 heavy (non-hydrogen) atoms. The Morgan fingerprint density at radius 3 is 2.58 bits per heavy atom. The van der Waals surface area contributed by atoms with E-state index >= 15 is 0 Å². The molecule has 0 bridgehead atoms. The molecule has 1 aromatic carbocycles. The average Bonchev–Trinajstić information content (AvgIpc) is 3.69. The van der Waals surface area contributed by atoms with Crippen molar-refractivity contribution in [1.82, 2.24) is 9.97 Å². The highest BCUT2D eigenvalue weighted by molar-refractivity contribution is 6.30. The Hall–Kier alpha value is -2.05. The number of benzene rings is 1. The minimum Gasteiger partial charge on any atom is -0.376 e. The number of piperidine rings is 1. The molecule has 7 heteroatoms. The number of hydrogen-bond acceptors (Lipinski definition) is 5. The van der Waals surface area contributed by atoms with Crippen molar-refractivity contribution in [2.45, 2.75) is 38.7 Å². The van der Waals surface area contributed by atoms with Crippen molar-refractivity contribution in [3.05, 3.63) is 52.6 Å². The second-order valence-corrected chi connectivity index (χ2v) is 9.59. The van der Waals surface area contributed by atoms with Gasteiger partial charge in [0.1, 0.15) is 5.82 Å². The lowest BCUT2D eigenvalue weighted by atomic mass is 9.91. The van der Waals surface area contributed by atoms with Crippen LogP contribution in [0, 0.1) is 29.5 Å². The number of hydrogen-bond donors (Lipinski definition) is 0. The lowest BCUT2D eigenvalue weighted by molar-refractivity contribution is 0.0961. The minimum atomic E-state index is -0.418. The van der Waals surface area contributed by atoms with Gasteiger partial charge in [0, 0.05) is 19.0 Å². The SMILES string of the molecule is O=C(c1ccc(COCC2CC2C2CCN(c3ncc(Cl)cn3)CC2)cc1F)C1CC1. The van der Waals surface area contributed by atoms with Crippen molar-refractivity contribution < 1.29 is 13.9 Å². The number of carbonyl (C=O) groups is 1. The zero-order valence-corrected chi connectivity index (χ0v) is 18.2. The van der Waals surface area contributed by atoms with Crippen LogP contribution in [0.1, 0.15) is 48.0 Å². The van der Waals surface area contributed by atoms with Crippen LogP contribution in [0.3, 0.4) is 0 Å². The maximum absolute atomic E-state index is 14.3. The van der Waals surface area contributed by atoms with Gasteiger partial charge in [-0.3, -0.25) is 4.79 Å². The minimum absolute atomic E-state index is 0.0361. The third kappa shape index (κ3) is 4.90. The lowest BCUT2D eigenvalue weighted by Gasteiger charge is -2.32. The number of aromatic nitrogens is 2. The molecule has 3 aliphatic rings. The van der Waals surface area contributed by atoms with Crippen LogP contribution < -0.4 is 4.90 Å². The molecule has 0 amide bonds. The third-order valence-corrected chi connectivity index (χ3v) is 7.05. The number of ether oxygens (including phenoxy) is 1. The largest absolute Gasteiger partial charge is 0.376 e. The summed E-state index contributed by atoms with van der Waals surface area (Å²) < 4.78 is 20.2. The van der Waals surface area contributed by atoms with Crippen LogP contribution in [0.2, 0.25) is 5.02 Å². The summed E-state index contributed by atoms with van der Waals surface area (Å²) in [6, 6.07) is 4.89. The molecule has 2 aliphatic carbocycles. The second-order valence-electron chi connectivity index (χ2n) is 9.15. The number of rotatable bonds is 8. The van der Waals surface area contributed by atoms with Gasteiger partial charge in [0.15, 0.2) is 5.78 Å². The molecule has 2 atom stereocenters. The molecule has 0 radical (unpaired) electrons. The number of Topliss-reactive ketones (excluding diaryl/α,β-unsaturated/α-hetero) is 1. The van der Waals surface area contributed by atoms with E-state index < -0.39 is 5.82 Å². The highest BCUT2D eigenvalue weighted by Crippen LogP contribution is 2.48. The van der Waals surface area contributed by atoms with E-state index in [0.29, 0.717) is 17.5 Å². The molecule has 164 valence electrons. The fourth-order valence-electron chi connectivity index (χ4n) is 4.78. The number of nitrogens with zero attached hydrogens (tertiary/aromatic N) is 3. The normalized spacial score (nSPS) is 23.7. The third-order valence-electron chi connectivity index (χ3n) is 6.86. The topological polar surface area (TPSA) is 55.3 Å². The fourth-order valence-corrected chi connectivity index (χ4v) is 4.88. The van der Waals surface area contributed by atoms with E-state index in [4.69, 9.17) is 16.3 Å². The molecular formula is C24H27ClFN3O2. The quantitative estimate of drug-likeness (QED) is 0.541. The van der Waals surface area contributed by atoms with Crippen LogP contribution in [0.25, 0.3) is 0 Å². The highest BCUT2D eigenvalue weighted by Gasteiger charge is 2.43. The predicted octanol–water partition coefficient (Wildman–Crippen LogP) is 4.93. The molecule has 5 rings (SSSR count). The van der Waals surface area contributed by atoms with Crippen LogP contribution >= 0.6 is 11.6 Å². The van der Waals surface area contributed by atoms with Crippen LogP contribution in [-0.4, -0.2) is 35.4 Å². The van der Waals surface area contributed by atoms with Gasteiger partial charge < -0.3 is 9.64 Å². The van der Waals surface area contributed by atoms with Crippen molar-refractivity contribution in [2.75, 3.05) is 24.6 Å². The van der Waals surface area contributed by atoms with Crippen molar-refractivity contribution in [1.29, 1.82) is 0 Å². The second kappa shape index (κ2) is 8.83. The van der Waals surface area contributed by atoms with Gasteiger partial charge in [-0.2, -0.15) is 0 Å². The summed E-state index contributed by atoms with van der Waals surface area (Å²) in [5.74, 6) is 2.37. The van der Waals surface area contributed by atoms with Crippen LogP contribution in [0.5, 0.6) is 0 Å². The van der Waals surface area contributed by atoms with E-state index in [1.807, 2.05) is 6.07 Å². The van der Waals surface area contributed by atoms with Gasteiger partial charge in [-0.1, -0.05) is 17.7 Å². The Labute approximate surface area is 187 Å². The molecule has 5 nitrogen and oxygen atoms in total. The van der Waals surface area contributed by atoms with E-state index in [-0.39, 0.29) is 17.3 Å². The van der Waals surface area contributed by atoms with Crippen molar-refractivity contribution in [3.8, 4) is 0 Å². The van der Waals surface area contributed by atoms with Gasteiger partial charge in [0.2, 0.25) is 5.95 Å². The number of halogens is 2. The molecule has 2 aromatic rings. The Bertz CT molecular complexity index is 942. The maximum atomic E-state index is 14.3. The first-order valence-corrected chi connectivity index (χ1v) is 11.6. The molecule has 2 heterocycles. The Morgan fingerprint density at radius 2 is 1.90 bits per heavy atom. The first-order valence-electron chi connectivity index (χ1n) is 11.2. The molecule has 2 unspecified atom stereocenters. The fraction of sp³-hybridized carbons (Fsp3) is 0.542. The monoisotopic (exact) mass is 443 g/mol.